The van der Waals surface area contributed by atoms with Gasteiger partial charge in [0.25, 0.3) is 0 Å². The smallest absolute Gasteiger partial charge is 0.228 e. The van der Waals surface area contributed by atoms with Gasteiger partial charge in [-0.25, -0.2) is 8.78 Å². The van der Waals surface area contributed by atoms with Gasteiger partial charge < -0.3 is 10.6 Å². The standard InChI is InChI=1S/C11H14F2N2O/c1-7(6-14-2)11(16)15-9-5-3-4-8(12)10(9)13/h3-5,7,14H,6H2,1-2H3,(H,15,16). The number of hydrogen-bond donors (Lipinski definition) is 2. The minimum atomic E-state index is -1.03. The summed E-state index contributed by atoms with van der Waals surface area (Å²) in [6, 6.07) is 3.67. The first-order valence-electron chi connectivity index (χ1n) is 4.95. The van der Waals surface area contributed by atoms with E-state index in [-0.39, 0.29) is 17.5 Å². The number of halogens is 2. The van der Waals surface area contributed by atoms with E-state index in [9.17, 15) is 13.6 Å². The van der Waals surface area contributed by atoms with Crippen LogP contribution in [-0.2, 0) is 4.79 Å². The summed E-state index contributed by atoms with van der Waals surface area (Å²) in [4.78, 5) is 11.5. The van der Waals surface area contributed by atoms with Crippen LogP contribution in [0.5, 0.6) is 0 Å². The molecule has 3 nitrogen and oxygen atoms in total. The van der Waals surface area contributed by atoms with Gasteiger partial charge in [-0.1, -0.05) is 13.0 Å². The average Bonchev–Trinajstić information content (AvgIpc) is 2.25. The van der Waals surface area contributed by atoms with Crippen molar-refractivity contribution in [2.75, 3.05) is 18.9 Å². The van der Waals surface area contributed by atoms with Crippen molar-refractivity contribution >= 4 is 11.6 Å². The third-order valence-corrected chi connectivity index (χ3v) is 2.17. The van der Waals surface area contributed by atoms with Crippen LogP contribution >= 0.6 is 0 Å². The van der Waals surface area contributed by atoms with Crippen LogP contribution in [0.4, 0.5) is 14.5 Å². The van der Waals surface area contributed by atoms with E-state index in [4.69, 9.17) is 0 Å². The molecule has 0 bridgehead atoms. The molecule has 0 saturated heterocycles. The van der Waals surface area contributed by atoms with Crippen molar-refractivity contribution in [3.63, 3.8) is 0 Å². The molecule has 1 amide bonds. The third-order valence-electron chi connectivity index (χ3n) is 2.17. The quantitative estimate of drug-likeness (QED) is 0.824. The monoisotopic (exact) mass is 228 g/mol. The number of rotatable bonds is 4. The first kappa shape index (κ1) is 12.6. The molecule has 5 heteroatoms. The zero-order valence-corrected chi connectivity index (χ0v) is 9.18. The minimum Gasteiger partial charge on any atom is -0.323 e. The lowest BCUT2D eigenvalue weighted by Gasteiger charge is -2.12. The maximum atomic E-state index is 13.2. The van der Waals surface area contributed by atoms with Crippen LogP contribution < -0.4 is 10.6 Å². The van der Waals surface area contributed by atoms with E-state index in [1.807, 2.05) is 0 Å². The van der Waals surface area contributed by atoms with Crippen LogP contribution in [0.15, 0.2) is 18.2 Å². The average molecular weight is 228 g/mol. The summed E-state index contributed by atoms with van der Waals surface area (Å²) in [5.41, 5.74) is -0.132. The van der Waals surface area contributed by atoms with Gasteiger partial charge in [-0.2, -0.15) is 0 Å². The van der Waals surface area contributed by atoms with Crippen LogP contribution in [-0.4, -0.2) is 19.5 Å². The second kappa shape index (κ2) is 5.55. The predicted molar refractivity (Wildman–Crippen MR) is 58.1 cm³/mol. The van der Waals surface area contributed by atoms with Gasteiger partial charge in [0, 0.05) is 12.5 Å². The zero-order chi connectivity index (χ0) is 12.1. The first-order chi connectivity index (χ1) is 7.56. The van der Waals surface area contributed by atoms with Gasteiger partial charge >= 0.3 is 0 Å². The van der Waals surface area contributed by atoms with Gasteiger partial charge in [-0.15, -0.1) is 0 Å². The van der Waals surface area contributed by atoms with Crippen LogP contribution in [0.1, 0.15) is 6.92 Å². The predicted octanol–water partition coefficient (Wildman–Crippen LogP) is 1.76. The fraction of sp³-hybridized carbons (Fsp3) is 0.364. The van der Waals surface area contributed by atoms with Crippen LogP contribution in [0, 0.1) is 17.6 Å². The summed E-state index contributed by atoms with van der Waals surface area (Å²) in [6.45, 7) is 2.17. The van der Waals surface area contributed by atoms with Gasteiger partial charge in [0.1, 0.15) is 0 Å². The molecule has 1 atom stereocenters. The van der Waals surface area contributed by atoms with Gasteiger partial charge in [0.05, 0.1) is 5.69 Å². The molecule has 0 spiro atoms. The summed E-state index contributed by atoms with van der Waals surface area (Å²) < 4.78 is 26.0. The number of benzene rings is 1. The Morgan fingerprint density at radius 2 is 2.12 bits per heavy atom. The Hall–Kier alpha value is -1.49. The van der Waals surface area contributed by atoms with Gasteiger partial charge in [-0.3, -0.25) is 4.79 Å². The number of nitrogens with one attached hydrogen (secondary N) is 2. The van der Waals surface area contributed by atoms with Gasteiger partial charge in [0.15, 0.2) is 11.6 Å². The first-order valence-corrected chi connectivity index (χ1v) is 4.95. The summed E-state index contributed by atoms with van der Waals surface area (Å²) in [5.74, 6) is -2.67. The molecule has 16 heavy (non-hydrogen) atoms. The number of anilines is 1. The van der Waals surface area contributed by atoms with Crippen molar-refractivity contribution in [3.05, 3.63) is 29.8 Å². The van der Waals surface area contributed by atoms with Crippen LogP contribution in [0.25, 0.3) is 0 Å². The molecule has 0 radical (unpaired) electrons. The van der Waals surface area contributed by atoms with Crippen molar-refractivity contribution in [2.24, 2.45) is 5.92 Å². The van der Waals surface area contributed by atoms with Crippen LogP contribution in [0.3, 0.4) is 0 Å². The molecule has 1 unspecified atom stereocenters. The normalized spacial score (nSPS) is 12.2. The number of carbonyl (C=O) groups is 1. The lowest BCUT2D eigenvalue weighted by atomic mass is 10.1. The number of carbonyl (C=O) groups excluding carboxylic acids is 1. The fourth-order valence-electron chi connectivity index (χ4n) is 1.26. The third kappa shape index (κ3) is 3.00. The van der Waals surface area contributed by atoms with Crippen LogP contribution in [0.2, 0.25) is 0 Å². The second-order valence-corrected chi connectivity index (χ2v) is 3.55. The molecule has 0 fully saturated rings. The molecule has 0 aliphatic rings. The molecule has 1 rings (SSSR count). The summed E-state index contributed by atoms with van der Waals surface area (Å²) in [7, 11) is 1.71. The number of amides is 1. The van der Waals surface area contributed by atoms with E-state index in [0.717, 1.165) is 6.07 Å². The van der Waals surface area contributed by atoms with Crippen molar-refractivity contribution < 1.29 is 13.6 Å². The molecule has 1 aromatic carbocycles. The van der Waals surface area contributed by atoms with E-state index >= 15 is 0 Å². The Morgan fingerprint density at radius 1 is 1.44 bits per heavy atom. The van der Waals surface area contributed by atoms with Gasteiger partial charge in [0.2, 0.25) is 5.91 Å². The van der Waals surface area contributed by atoms with E-state index in [2.05, 4.69) is 10.6 Å². The van der Waals surface area contributed by atoms with E-state index < -0.39 is 11.6 Å². The molecular formula is C11H14F2N2O. The molecule has 2 N–H and O–H groups in total. The van der Waals surface area contributed by atoms with Crippen molar-refractivity contribution in [2.45, 2.75) is 6.92 Å². The molecule has 0 aliphatic carbocycles. The Morgan fingerprint density at radius 3 is 2.75 bits per heavy atom. The topological polar surface area (TPSA) is 41.1 Å². The zero-order valence-electron chi connectivity index (χ0n) is 9.18. The molecule has 1 aromatic rings. The van der Waals surface area contributed by atoms with Crippen molar-refractivity contribution in [1.82, 2.24) is 5.32 Å². The molecule has 0 saturated carbocycles. The summed E-state index contributed by atoms with van der Waals surface area (Å²) >= 11 is 0. The van der Waals surface area contributed by atoms with Crippen molar-refractivity contribution in [3.8, 4) is 0 Å². The Kier molecular flexibility index (Phi) is 4.37. The lowest BCUT2D eigenvalue weighted by molar-refractivity contribution is -0.119. The SMILES string of the molecule is CNCC(C)C(=O)Nc1cccc(F)c1F. The highest BCUT2D eigenvalue weighted by Gasteiger charge is 2.15. The van der Waals surface area contributed by atoms with E-state index in [1.165, 1.54) is 12.1 Å². The molecule has 0 heterocycles. The highest BCUT2D eigenvalue weighted by Crippen LogP contribution is 2.17. The summed E-state index contributed by atoms with van der Waals surface area (Å²) in [6.07, 6.45) is 0. The van der Waals surface area contributed by atoms with E-state index in [1.54, 1.807) is 14.0 Å². The second-order valence-electron chi connectivity index (χ2n) is 3.55. The largest absolute Gasteiger partial charge is 0.323 e. The molecule has 0 aromatic heterocycles. The van der Waals surface area contributed by atoms with Gasteiger partial charge in [-0.05, 0) is 19.2 Å². The Labute approximate surface area is 92.8 Å². The molecule has 0 aliphatic heterocycles. The lowest BCUT2D eigenvalue weighted by Crippen LogP contribution is -2.29. The summed E-state index contributed by atoms with van der Waals surface area (Å²) in [5, 5.41) is 5.17. The Bertz CT molecular complexity index is 382. The molecule has 88 valence electrons. The number of hydrogen-bond acceptors (Lipinski definition) is 2. The van der Waals surface area contributed by atoms with E-state index in [0.29, 0.717) is 6.54 Å². The highest BCUT2D eigenvalue weighted by molar-refractivity contribution is 5.92. The highest BCUT2D eigenvalue weighted by atomic mass is 19.2. The minimum absolute atomic E-state index is 0.132. The molecular weight excluding hydrogens is 214 g/mol. The fourth-order valence-corrected chi connectivity index (χ4v) is 1.26. The Balaban J connectivity index is 2.73. The van der Waals surface area contributed by atoms with Crippen molar-refractivity contribution in [1.29, 1.82) is 0 Å². The maximum absolute atomic E-state index is 13.2. The maximum Gasteiger partial charge on any atom is 0.228 e.